The summed E-state index contributed by atoms with van der Waals surface area (Å²) < 4.78 is 51.2. The lowest BCUT2D eigenvalue weighted by atomic mass is 10.2. The van der Waals surface area contributed by atoms with Gasteiger partial charge < -0.3 is 0 Å². The van der Waals surface area contributed by atoms with Gasteiger partial charge in [-0.2, -0.15) is 8.42 Å². The molecule has 0 heterocycles. The smallest absolute Gasteiger partial charge is 0.274 e. The summed E-state index contributed by atoms with van der Waals surface area (Å²) in [5.41, 5.74) is 0.310. The summed E-state index contributed by atoms with van der Waals surface area (Å²) in [6.07, 6.45) is 0. The molecule has 7 heteroatoms. The maximum absolute atomic E-state index is 11.0. The van der Waals surface area contributed by atoms with Crippen LogP contribution < -0.4 is 0 Å². The quantitative estimate of drug-likeness (QED) is 0.606. The Hall–Kier alpha value is -0.920. The lowest BCUT2D eigenvalue weighted by molar-refractivity contribution is 0.493. The van der Waals surface area contributed by atoms with Crippen molar-refractivity contribution in [2.75, 3.05) is 0 Å². The molecule has 0 radical (unpaired) electrons. The summed E-state index contributed by atoms with van der Waals surface area (Å²) in [6, 6.07) is 7.75. The Morgan fingerprint density at radius 2 is 1.50 bits per heavy atom. The second-order valence-electron chi connectivity index (χ2n) is 2.62. The van der Waals surface area contributed by atoms with Crippen molar-refractivity contribution < 1.29 is 21.4 Å². The van der Waals surface area contributed by atoms with Crippen LogP contribution in [0.5, 0.6) is 0 Å². The predicted octanol–water partition coefficient (Wildman–Crippen LogP) is 0.404. The summed E-state index contributed by atoms with van der Waals surface area (Å²) in [6.45, 7) is 0. The van der Waals surface area contributed by atoms with Gasteiger partial charge in [0.2, 0.25) is 0 Å². The summed E-state index contributed by atoms with van der Waals surface area (Å²) in [7, 11) is -9.55. The summed E-state index contributed by atoms with van der Waals surface area (Å²) >= 11 is 0. The molecule has 0 aliphatic rings. The van der Waals surface area contributed by atoms with Gasteiger partial charge in [-0.05, 0) is 5.56 Å². The van der Waals surface area contributed by atoms with E-state index < -0.39 is 23.8 Å². The maximum Gasteiger partial charge on any atom is 0.373 e. The molecule has 0 amide bonds. The number of hydrogen-bond acceptors (Lipinski definition) is 4. The first kappa shape index (κ1) is 11.2. The van der Waals surface area contributed by atoms with Gasteiger partial charge in [-0.15, -0.1) is 0 Å². The van der Waals surface area contributed by atoms with E-state index in [-0.39, 0.29) is 0 Å². The average molecular weight is 236 g/mol. The second-order valence-corrected chi connectivity index (χ2v) is 7.66. The van der Waals surface area contributed by atoms with Gasteiger partial charge in [-0.3, -0.25) is 4.55 Å². The van der Waals surface area contributed by atoms with Gasteiger partial charge in [0.1, 0.15) is 0 Å². The third-order valence-electron chi connectivity index (χ3n) is 1.51. The van der Waals surface area contributed by atoms with E-state index >= 15 is 0 Å². The van der Waals surface area contributed by atoms with Crippen molar-refractivity contribution >= 4 is 18.0 Å². The third-order valence-corrected chi connectivity index (χ3v) is 5.11. The van der Waals surface area contributed by atoms with Crippen molar-refractivity contribution in [1.82, 2.24) is 0 Å². The van der Waals surface area contributed by atoms with E-state index in [1.165, 1.54) is 12.1 Å². The molecular formula is C7H8O5S2. The van der Waals surface area contributed by atoms with Gasteiger partial charge in [-0.25, -0.2) is 8.42 Å². The molecule has 1 aromatic rings. The van der Waals surface area contributed by atoms with E-state index in [0.29, 0.717) is 5.56 Å². The summed E-state index contributed by atoms with van der Waals surface area (Å²) in [4.78, 5) is 0. The van der Waals surface area contributed by atoms with Crippen LogP contribution in [0.1, 0.15) is 5.56 Å². The van der Waals surface area contributed by atoms with Crippen LogP contribution in [0.4, 0.5) is 0 Å². The maximum atomic E-state index is 11.0. The zero-order chi connectivity index (χ0) is 10.8. The highest BCUT2D eigenvalue weighted by Gasteiger charge is 2.26. The monoisotopic (exact) mass is 236 g/mol. The SMILES string of the molecule is O=S(=O)(O)S(=O)(=O)Cc1ccccc1. The van der Waals surface area contributed by atoms with Crippen molar-refractivity contribution in [3.63, 3.8) is 0 Å². The van der Waals surface area contributed by atoms with Crippen LogP contribution in [0.2, 0.25) is 0 Å². The largest absolute Gasteiger partial charge is 0.373 e. The molecule has 0 saturated heterocycles. The lowest BCUT2D eigenvalue weighted by Crippen LogP contribution is -2.16. The standard InChI is InChI=1S/C7H8O5S2/c8-13(9,14(10,11)12)6-7-4-2-1-3-5-7/h1-5H,6H2,(H,10,11,12). The molecule has 0 aromatic heterocycles. The molecule has 0 aliphatic carbocycles. The molecule has 0 atom stereocenters. The zero-order valence-electron chi connectivity index (χ0n) is 6.99. The second kappa shape index (κ2) is 3.68. The van der Waals surface area contributed by atoms with Crippen molar-refractivity contribution in [2.24, 2.45) is 0 Å². The highest BCUT2D eigenvalue weighted by molar-refractivity contribution is 8.64. The molecule has 0 bridgehead atoms. The Kier molecular flexibility index (Phi) is 2.93. The molecule has 0 aliphatic heterocycles. The fourth-order valence-electron chi connectivity index (χ4n) is 0.853. The first-order chi connectivity index (χ1) is 6.33. The normalized spacial score (nSPS) is 12.6. The summed E-state index contributed by atoms with van der Waals surface area (Å²) in [5.74, 6) is -0.716. The lowest BCUT2D eigenvalue weighted by Gasteiger charge is -1.99. The van der Waals surface area contributed by atoms with E-state index in [2.05, 4.69) is 0 Å². The van der Waals surface area contributed by atoms with Gasteiger partial charge in [0.05, 0.1) is 5.75 Å². The number of benzene rings is 1. The summed E-state index contributed by atoms with van der Waals surface area (Å²) in [5, 5.41) is 0. The van der Waals surface area contributed by atoms with Crippen molar-refractivity contribution in [2.45, 2.75) is 5.75 Å². The van der Waals surface area contributed by atoms with Gasteiger partial charge in [0.15, 0.2) is 0 Å². The Labute approximate surface area is 81.5 Å². The molecule has 1 N–H and O–H groups in total. The van der Waals surface area contributed by atoms with Crippen LogP contribution in [0.25, 0.3) is 0 Å². The van der Waals surface area contributed by atoms with E-state index in [1.54, 1.807) is 18.2 Å². The van der Waals surface area contributed by atoms with E-state index in [1.807, 2.05) is 0 Å². The molecule has 0 unspecified atom stereocenters. The predicted molar refractivity (Wildman–Crippen MR) is 50.6 cm³/mol. The minimum absolute atomic E-state index is 0.310. The average Bonchev–Trinajstić information content (AvgIpc) is 2.03. The van der Waals surface area contributed by atoms with Crippen molar-refractivity contribution in [1.29, 1.82) is 0 Å². The van der Waals surface area contributed by atoms with Gasteiger partial charge in [-0.1, -0.05) is 30.3 Å². The van der Waals surface area contributed by atoms with Crippen LogP contribution in [-0.2, 0) is 23.8 Å². The Morgan fingerprint density at radius 1 is 1.00 bits per heavy atom. The molecule has 1 aromatic carbocycles. The molecule has 78 valence electrons. The van der Waals surface area contributed by atoms with Gasteiger partial charge in [0.25, 0.3) is 8.87 Å². The van der Waals surface area contributed by atoms with Crippen molar-refractivity contribution in [3.05, 3.63) is 35.9 Å². The Bertz CT molecular complexity index is 500. The highest BCUT2D eigenvalue weighted by Crippen LogP contribution is 2.10. The van der Waals surface area contributed by atoms with E-state index in [0.717, 1.165) is 0 Å². The first-order valence-electron chi connectivity index (χ1n) is 3.57. The Morgan fingerprint density at radius 3 is 1.93 bits per heavy atom. The minimum Gasteiger partial charge on any atom is -0.274 e. The van der Waals surface area contributed by atoms with Crippen LogP contribution >= 0.6 is 0 Å². The zero-order valence-corrected chi connectivity index (χ0v) is 8.62. The van der Waals surface area contributed by atoms with E-state index in [9.17, 15) is 16.8 Å². The molecule has 0 spiro atoms. The van der Waals surface area contributed by atoms with Crippen molar-refractivity contribution in [3.8, 4) is 0 Å². The fourth-order valence-corrected chi connectivity index (χ4v) is 2.46. The van der Waals surface area contributed by atoms with E-state index in [4.69, 9.17) is 4.55 Å². The minimum atomic E-state index is -5.03. The van der Waals surface area contributed by atoms with Gasteiger partial charge in [0, 0.05) is 0 Å². The van der Waals surface area contributed by atoms with Crippen LogP contribution in [0.3, 0.4) is 0 Å². The Balaban J connectivity index is 3.03. The molecule has 14 heavy (non-hydrogen) atoms. The van der Waals surface area contributed by atoms with Gasteiger partial charge >= 0.3 is 9.15 Å². The number of hydrogen-bond donors (Lipinski definition) is 1. The fraction of sp³-hybridized carbons (Fsp3) is 0.143. The molecule has 0 saturated carbocycles. The number of rotatable bonds is 3. The first-order valence-corrected chi connectivity index (χ1v) is 7.18. The molecular weight excluding hydrogens is 228 g/mol. The van der Waals surface area contributed by atoms with Crippen LogP contribution in [-0.4, -0.2) is 21.4 Å². The third kappa shape index (κ3) is 2.53. The highest BCUT2D eigenvalue weighted by atomic mass is 33.2. The molecule has 1 rings (SSSR count). The molecule has 5 nitrogen and oxygen atoms in total. The van der Waals surface area contributed by atoms with Crippen LogP contribution in [0, 0.1) is 0 Å². The topological polar surface area (TPSA) is 88.5 Å². The van der Waals surface area contributed by atoms with Crippen LogP contribution in [0.15, 0.2) is 30.3 Å². The molecule has 0 fully saturated rings.